The average molecular weight is 228 g/mol. The number of carbonyl (C=O) groups excluding carboxylic acids is 2. The first-order valence-electron chi connectivity index (χ1n) is 6.59. The number of rotatable bonds is 8. The van der Waals surface area contributed by atoms with Gasteiger partial charge in [0.05, 0.1) is 6.42 Å². The normalized spacial score (nSPS) is 9.25. The van der Waals surface area contributed by atoms with Crippen LogP contribution in [0.4, 0.5) is 0 Å². The lowest BCUT2D eigenvalue weighted by atomic mass is 10.1. The van der Waals surface area contributed by atoms with Gasteiger partial charge in [-0.3, -0.25) is 9.59 Å². The van der Waals surface area contributed by atoms with Crippen molar-refractivity contribution in [2.45, 2.75) is 79.1 Å². The third-order valence-electron chi connectivity index (χ3n) is 2.18. The quantitative estimate of drug-likeness (QED) is 0.458. The number of hydrogen-bond acceptors (Lipinski definition) is 2. The summed E-state index contributed by atoms with van der Waals surface area (Å²) in [5, 5.41) is 0. The van der Waals surface area contributed by atoms with Crippen LogP contribution in [0.15, 0.2) is 0 Å². The fourth-order valence-electron chi connectivity index (χ4n) is 1.32. The minimum absolute atomic E-state index is 0.0338. The summed E-state index contributed by atoms with van der Waals surface area (Å²) in [7, 11) is 0. The van der Waals surface area contributed by atoms with Crippen molar-refractivity contribution in [3.05, 3.63) is 0 Å². The van der Waals surface area contributed by atoms with E-state index in [1.807, 2.05) is 6.92 Å². The first kappa shape index (κ1) is 17.7. The number of carbonyl (C=O) groups is 2. The molecule has 0 aliphatic heterocycles. The van der Waals surface area contributed by atoms with Crippen molar-refractivity contribution in [1.29, 1.82) is 0 Å². The molecule has 0 fully saturated rings. The van der Waals surface area contributed by atoms with Gasteiger partial charge in [-0.15, -0.1) is 0 Å². The van der Waals surface area contributed by atoms with Crippen LogP contribution in [0.1, 0.15) is 79.1 Å². The molecule has 0 unspecified atom stereocenters. The van der Waals surface area contributed by atoms with E-state index < -0.39 is 0 Å². The van der Waals surface area contributed by atoms with E-state index in [2.05, 4.69) is 13.8 Å². The summed E-state index contributed by atoms with van der Waals surface area (Å²) in [5.41, 5.74) is 0. The van der Waals surface area contributed by atoms with Crippen LogP contribution in [0, 0.1) is 0 Å². The Kier molecular flexibility index (Phi) is 15.9. The Morgan fingerprint density at radius 3 is 1.62 bits per heavy atom. The van der Waals surface area contributed by atoms with Gasteiger partial charge in [0.15, 0.2) is 0 Å². The summed E-state index contributed by atoms with van der Waals surface area (Å²) >= 11 is 0. The van der Waals surface area contributed by atoms with Crippen molar-refractivity contribution < 1.29 is 9.59 Å². The molecule has 0 bridgehead atoms. The zero-order valence-electron chi connectivity index (χ0n) is 11.5. The second-order valence-corrected chi connectivity index (χ2v) is 4.23. The molecule has 16 heavy (non-hydrogen) atoms. The molecule has 0 aromatic rings. The summed E-state index contributed by atoms with van der Waals surface area (Å²) < 4.78 is 0. The molecule has 0 aliphatic carbocycles. The molecule has 0 saturated carbocycles. The molecular formula is C14H28O2. The highest BCUT2D eigenvalue weighted by Gasteiger charge is 2.01. The minimum atomic E-state index is -0.0338. The van der Waals surface area contributed by atoms with Crippen LogP contribution in [0.5, 0.6) is 0 Å². The van der Waals surface area contributed by atoms with E-state index in [-0.39, 0.29) is 18.0 Å². The smallest absolute Gasteiger partial charge is 0.140 e. The zero-order valence-corrected chi connectivity index (χ0v) is 11.5. The fourth-order valence-corrected chi connectivity index (χ4v) is 1.32. The lowest BCUT2D eigenvalue weighted by Crippen LogP contribution is -2.02. The lowest BCUT2D eigenvalue weighted by molar-refractivity contribution is -0.125. The van der Waals surface area contributed by atoms with Crippen LogP contribution in [-0.4, -0.2) is 11.6 Å². The molecule has 2 nitrogen and oxygen atoms in total. The van der Waals surface area contributed by atoms with E-state index in [0.29, 0.717) is 6.42 Å². The van der Waals surface area contributed by atoms with Crippen molar-refractivity contribution in [2.24, 2.45) is 0 Å². The highest BCUT2D eigenvalue weighted by molar-refractivity contribution is 5.97. The average Bonchev–Trinajstić information content (AvgIpc) is 2.18. The van der Waals surface area contributed by atoms with Gasteiger partial charge in [-0.2, -0.15) is 0 Å². The van der Waals surface area contributed by atoms with Gasteiger partial charge in [0.2, 0.25) is 0 Å². The molecule has 0 heterocycles. The maximum absolute atomic E-state index is 10.6. The maximum atomic E-state index is 10.6. The van der Waals surface area contributed by atoms with Gasteiger partial charge in [0.25, 0.3) is 0 Å². The number of unbranched alkanes of at least 4 members (excludes halogenated alkanes) is 4. The highest BCUT2D eigenvalue weighted by Crippen LogP contribution is 2.00. The first-order chi connectivity index (χ1) is 7.58. The van der Waals surface area contributed by atoms with Crippen LogP contribution >= 0.6 is 0 Å². The van der Waals surface area contributed by atoms with E-state index in [1.54, 1.807) is 0 Å². The number of ketones is 2. The Balaban J connectivity index is 0. The van der Waals surface area contributed by atoms with Crippen LogP contribution in [-0.2, 0) is 9.59 Å². The van der Waals surface area contributed by atoms with E-state index in [9.17, 15) is 9.59 Å². The molecule has 0 saturated heterocycles. The second-order valence-electron chi connectivity index (χ2n) is 4.23. The number of hydrogen-bond donors (Lipinski definition) is 0. The predicted octanol–water partition coefficient (Wildman–Crippen LogP) is 4.31. The molecule has 0 rings (SSSR count). The monoisotopic (exact) mass is 228 g/mol. The molecule has 0 aromatic heterocycles. The summed E-state index contributed by atoms with van der Waals surface area (Å²) in [6.45, 7) is 7.86. The molecule has 0 spiro atoms. The molecule has 0 N–H and O–H groups in total. The highest BCUT2D eigenvalue weighted by atomic mass is 16.1. The molecule has 0 atom stereocenters. The fraction of sp³-hybridized carbons (Fsp3) is 0.857. The standard InChI is InChI=1S/C7H12O2.C7H16/c1-3-4-7(9)5-6(2)8;1-3-5-7-6-4-2/h3-5H2,1-2H3;3-7H2,1-2H3. The van der Waals surface area contributed by atoms with E-state index >= 15 is 0 Å². The van der Waals surface area contributed by atoms with Crippen molar-refractivity contribution in [3.63, 3.8) is 0 Å². The molecule has 0 radical (unpaired) electrons. The van der Waals surface area contributed by atoms with Gasteiger partial charge >= 0.3 is 0 Å². The Labute approximate surface area is 101 Å². The van der Waals surface area contributed by atoms with Crippen LogP contribution in [0.2, 0.25) is 0 Å². The SMILES string of the molecule is CCCC(=O)CC(C)=O.CCCCCCC. The van der Waals surface area contributed by atoms with E-state index in [4.69, 9.17) is 0 Å². The third-order valence-corrected chi connectivity index (χ3v) is 2.18. The molecule has 0 amide bonds. The lowest BCUT2D eigenvalue weighted by Gasteiger charge is -1.91. The largest absolute Gasteiger partial charge is 0.300 e. The van der Waals surface area contributed by atoms with E-state index in [1.165, 1.54) is 39.0 Å². The Hall–Kier alpha value is -0.660. The van der Waals surface area contributed by atoms with Crippen LogP contribution < -0.4 is 0 Å². The van der Waals surface area contributed by atoms with Gasteiger partial charge in [-0.05, 0) is 13.3 Å². The first-order valence-corrected chi connectivity index (χ1v) is 6.59. The number of Topliss-reactive ketones (excluding diaryl/α,β-unsaturated/α-hetero) is 2. The summed E-state index contributed by atoms with van der Waals surface area (Å²) in [6, 6.07) is 0. The molecular weight excluding hydrogens is 200 g/mol. The summed E-state index contributed by atoms with van der Waals surface area (Å²) in [5.74, 6) is 0.0263. The second kappa shape index (κ2) is 14.3. The Bertz CT molecular complexity index is 170. The van der Waals surface area contributed by atoms with Crippen molar-refractivity contribution in [1.82, 2.24) is 0 Å². The zero-order chi connectivity index (χ0) is 12.8. The molecule has 0 aromatic carbocycles. The van der Waals surface area contributed by atoms with Crippen molar-refractivity contribution in [2.75, 3.05) is 0 Å². The molecule has 2 heteroatoms. The topological polar surface area (TPSA) is 34.1 Å². The Morgan fingerprint density at radius 2 is 1.31 bits per heavy atom. The van der Waals surface area contributed by atoms with E-state index in [0.717, 1.165) is 6.42 Å². The Morgan fingerprint density at radius 1 is 0.812 bits per heavy atom. The van der Waals surface area contributed by atoms with Crippen molar-refractivity contribution in [3.8, 4) is 0 Å². The predicted molar refractivity (Wildman–Crippen MR) is 69.6 cm³/mol. The minimum Gasteiger partial charge on any atom is -0.300 e. The van der Waals surface area contributed by atoms with Gasteiger partial charge in [0, 0.05) is 6.42 Å². The maximum Gasteiger partial charge on any atom is 0.140 e. The third kappa shape index (κ3) is 19.0. The van der Waals surface area contributed by atoms with Crippen LogP contribution in [0.3, 0.4) is 0 Å². The summed E-state index contributed by atoms with van der Waals surface area (Å²) in [6.07, 6.45) is 8.51. The summed E-state index contributed by atoms with van der Waals surface area (Å²) in [4.78, 5) is 20.9. The van der Waals surface area contributed by atoms with Gasteiger partial charge < -0.3 is 0 Å². The van der Waals surface area contributed by atoms with Crippen molar-refractivity contribution >= 4 is 11.6 Å². The van der Waals surface area contributed by atoms with Gasteiger partial charge in [0.1, 0.15) is 11.6 Å². The van der Waals surface area contributed by atoms with Gasteiger partial charge in [-0.25, -0.2) is 0 Å². The molecule has 0 aliphatic rings. The van der Waals surface area contributed by atoms with Crippen LogP contribution in [0.25, 0.3) is 0 Å². The van der Waals surface area contributed by atoms with Gasteiger partial charge in [-0.1, -0.05) is 52.9 Å². The molecule has 96 valence electrons.